The van der Waals surface area contributed by atoms with E-state index in [0.29, 0.717) is 21.8 Å². The molecule has 4 nitrogen and oxygen atoms in total. The third-order valence-electron chi connectivity index (χ3n) is 10.2. The lowest BCUT2D eigenvalue weighted by Crippen LogP contribution is -2.45. The number of hydrogen-bond donors (Lipinski definition) is 0. The smallest absolute Gasteiger partial charge is 0.239 e. The molecule has 1 saturated carbocycles. The second kappa shape index (κ2) is 10.2. The first-order valence-electron chi connectivity index (χ1n) is 15.5. The number of benzene rings is 5. The Bertz CT molecular complexity index is 1940. The number of halogens is 1. The maximum Gasteiger partial charge on any atom is 0.239 e. The summed E-state index contributed by atoms with van der Waals surface area (Å²) in [5.74, 6) is -2.80. The molecule has 2 fully saturated rings. The quantitative estimate of drug-likeness (QED) is 0.187. The Kier molecular flexibility index (Phi) is 6.32. The zero-order chi connectivity index (χ0) is 31.8. The number of ketones is 1. The molecule has 0 aromatic heterocycles. The lowest BCUT2D eigenvalue weighted by Gasteiger charge is -2.39. The Morgan fingerprint density at radius 2 is 0.913 bits per heavy atom. The van der Waals surface area contributed by atoms with Crippen LogP contribution in [0, 0.1) is 25.7 Å². The first kappa shape index (κ1) is 28.4. The Morgan fingerprint density at radius 1 is 0.522 bits per heavy atom. The van der Waals surface area contributed by atoms with Gasteiger partial charge in [-0.2, -0.15) is 0 Å². The van der Waals surface area contributed by atoms with E-state index in [2.05, 4.69) is 0 Å². The van der Waals surface area contributed by atoms with Crippen LogP contribution in [0.15, 0.2) is 133 Å². The summed E-state index contributed by atoms with van der Waals surface area (Å²) in [5.41, 5.74) is 4.49. The number of allylic oxidation sites excluding steroid dienone is 2. The molecule has 4 atom stereocenters. The molecular weight excluding hydrogens is 590 g/mol. The normalized spacial score (nSPS) is 25.0. The molecule has 1 aliphatic heterocycles. The second-order valence-electron chi connectivity index (χ2n) is 12.6. The maximum absolute atomic E-state index is 15.9. The van der Waals surface area contributed by atoms with E-state index >= 15 is 4.79 Å². The van der Waals surface area contributed by atoms with Crippen molar-refractivity contribution in [3.63, 3.8) is 0 Å². The Hall–Kier alpha value is -5.06. The van der Waals surface area contributed by atoms with E-state index in [-0.39, 0.29) is 17.6 Å². The lowest BCUT2D eigenvalue weighted by molar-refractivity contribution is -0.130. The summed E-state index contributed by atoms with van der Waals surface area (Å²) in [5, 5.41) is 0.504. The summed E-state index contributed by atoms with van der Waals surface area (Å²) in [4.78, 5) is 47.2. The van der Waals surface area contributed by atoms with Crippen molar-refractivity contribution < 1.29 is 14.4 Å². The number of nitrogens with zero attached hydrogens (tertiary/aromatic N) is 1. The van der Waals surface area contributed by atoms with Crippen molar-refractivity contribution in [2.24, 2.45) is 11.8 Å². The Morgan fingerprint density at radius 3 is 1.30 bits per heavy atom. The highest BCUT2D eigenvalue weighted by molar-refractivity contribution is 6.39. The molecule has 3 aliphatic rings. The molecule has 5 aromatic carbocycles. The van der Waals surface area contributed by atoms with E-state index in [1.807, 2.05) is 123 Å². The molecular formula is C41H30ClNO3. The zero-order valence-electron chi connectivity index (χ0n) is 25.4. The fourth-order valence-electron chi connectivity index (χ4n) is 8.41. The van der Waals surface area contributed by atoms with Crippen molar-refractivity contribution in [1.82, 2.24) is 0 Å². The molecule has 5 aromatic rings. The van der Waals surface area contributed by atoms with Gasteiger partial charge in [-0.15, -0.1) is 0 Å². The number of imide groups is 1. The van der Waals surface area contributed by atoms with Gasteiger partial charge in [-0.05, 0) is 71.5 Å². The van der Waals surface area contributed by atoms with Crippen LogP contribution in [-0.4, -0.2) is 17.6 Å². The van der Waals surface area contributed by atoms with Gasteiger partial charge < -0.3 is 0 Å². The van der Waals surface area contributed by atoms with E-state index in [9.17, 15) is 9.59 Å². The minimum absolute atomic E-state index is 0.129. The monoisotopic (exact) mass is 619 g/mol. The van der Waals surface area contributed by atoms with Gasteiger partial charge in [0.25, 0.3) is 0 Å². The van der Waals surface area contributed by atoms with Gasteiger partial charge in [-0.3, -0.25) is 14.4 Å². The van der Waals surface area contributed by atoms with E-state index < -0.39 is 22.7 Å². The molecule has 1 saturated heterocycles. The fraction of sp³-hybridized carbons (Fsp3) is 0.146. The summed E-state index contributed by atoms with van der Waals surface area (Å²) >= 11 is 6.22. The molecule has 224 valence electrons. The average molecular weight is 620 g/mol. The summed E-state index contributed by atoms with van der Waals surface area (Å²) in [7, 11) is 0. The minimum Gasteiger partial charge on any atom is -0.297 e. The van der Waals surface area contributed by atoms with Gasteiger partial charge in [0.15, 0.2) is 5.78 Å². The van der Waals surface area contributed by atoms with Gasteiger partial charge in [-0.25, -0.2) is 4.90 Å². The van der Waals surface area contributed by atoms with Crippen molar-refractivity contribution in [2.75, 3.05) is 4.90 Å². The molecule has 46 heavy (non-hydrogen) atoms. The number of rotatable bonds is 5. The number of fused-ring (bicyclic) bond motifs is 5. The maximum atomic E-state index is 15.9. The first-order chi connectivity index (χ1) is 22.3. The highest BCUT2D eigenvalue weighted by atomic mass is 35.5. The molecule has 2 amide bonds. The third kappa shape index (κ3) is 3.59. The van der Waals surface area contributed by atoms with E-state index in [0.717, 1.165) is 33.4 Å². The van der Waals surface area contributed by atoms with Crippen molar-refractivity contribution in [1.29, 1.82) is 0 Å². The molecule has 8 rings (SSSR count). The molecule has 2 aliphatic carbocycles. The van der Waals surface area contributed by atoms with Crippen LogP contribution in [0.25, 0.3) is 11.1 Å². The Labute approximate surface area is 273 Å². The summed E-state index contributed by atoms with van der Waals surface area (Å²) in [6, 6.07) is 42.3. The second-order valence-corrected chi connectivity index (χ2v) is 13.0. The average Bonchev–Trinajstić information content (AvgIpc) is 3.59. The topological polar surface area (TPSA) is 54.5 Å². The third-order valence-corrected chi connectivity index (χ3v) is 10.5. The Balaban J connectivity index is 1.55. The fourth-order valence-corrected chi connectivity index (χ4v) is 8.54. The predicted octanol–water partition coefficient (Wildman–Crippen LogP) is 8.15. The molecule has 1 heterocycles. The van der Waals surface area contributed by atoms with Crippen LogP contribution in [0.4, 0.5) is 5.69 Å². The number of aryl methyl sites for hydroxylation is 2. The molecule has 2 bridgehead atoms. The van der Waals surface area contributed by atoms with Gasteiger partial charge in [0.2, 0.25) is 11.8 Å². The predicted molar refractivity (Wildman–Crippen MR) is 181 cm³/mol. The first-order valence-corrected chi connectivity index (χ1v) is 15.9. The van der Waals surface area contributed by atoms with Gasteiger partial charge in [0, 0.05) is 5.02 Å². The van der Waals surface area contributed by atoms with Crippen LogP contribution in [-0.2, 0) is 25.2 Å². The number of hydrogen-bond acceptors (Lipinski definition) is 3. The molecule has 0 unspecified atom stereocenters. The van der Waals surface area contributed by atoms with Crippen molar-refractivity contribution in [3.05, 3.63) is 172 Å². The molecule has 0 spiro atoms. The van der Waals surface area contributed by atoms with Gasteiger partial charge in [0.05, 0.1) is 28.4 Å². The minimum atomic E-state index is -1.43. The highest BCUT2D eigenvalue weighted by Crippen LogP contribution is 2.74. The molecule has 5 heteroatoms. The van der Waals surface area contributed by atoms with Crippen molar-refractivity contribution >= 4 is 46.0 Å². The van der Waals surface area contributed by atoms with Gasteiger partial charge >= 0.3 is 0 Å². The lowest BCUT2D eigenvalue weighted by atomic mass is 9.59. The largest absolute Gasteiger partial charge is 0.297 e. The van der Waals surface area contributed by atoms with E-state index in [1.54, 1.807) is 24.3 Å². The van der Waals surface area contributed by atoms with E-state index in [4.69, 9.17) is 11.6 Å². The number of Topliss-reactive ketones (excluding diaryl/α,β-unsaturated/α-hetero) is 1. The summed E-state index contributed by atoms with van der Waals surface area (Å²) in [6.45, 7) is 4.06. The SMILES string of the molecule is Cc1ccc(C2=C(c3ccc(C)cc3)[C@@]3(c4ccccc4)C(=O)[C@@]2(c2ccccc2)[C@@H]2C(=O)N(c4ccc(Cl)cc4)C(=O)[C@H]23)cc1. The summed E-state index contributed by atoms with van der Waals surface area (Å²) in [6.07, 6.45) is 0. The van der Waals surface area contributed by atoms with Crippen LogP contribution in [0.3, 0.4) is 0 Å². The standard InChI is InChI=1S/C41H30ClNO3/c1-25-13-17-27(18-14-25)33-34(28-19-15-26(2)16-20-28)41(30-11-7-4-8-12-30)36-35(40(33,39(41)46)29-9-5-3-6-10-29)37(44)43(38(36)45)32-23-21-31(42)22-24-32/h3-24,35-36H,1-2H3/t35-,36-,40+,41+/m0/s1. The summed E-state index contributed by atoms with van der Waals surface area (Å²) < 4.78 is 0. The molecule has 0 N–H and O–H groups in total. The molecule has 0 radical (unpaired) electrons. The number of carbonyl (C=O) groups is 3. The highest BCUT2D eigenvalue weighted by Gasteiger charge is 2.82. The van der Waals surface area contributed by atoms with Gasteiger partial charge in [-0.1, -0.05) is 132 Å². The zero-order valence-corrected chi connectivity index (χ0v) is 26.2. The van der Waals surface area contributed by atoms with Crippen LogP contribution in [0.1, 0.15) is 33.4 Å². The van der Waals surface area contributed by atoms with Crippen LogP contribution >= 0.6 is 11.6 Å². The van der Waals surface area contributed by atoms with Crippen molar-refractivity contribution in [2.45, 2.75) is 24.7 Å². The number of anilines is 1. The van der Waals surface area contributed by atoms with E-state index in [1.165, 1.54) is 4.90 Å². The number of carbonyl (C=O) groups excluding carboxylic acids is 3. The van der Waals surface area contributed by atoms with Crippen LogP contribution in [0.5, 0.6) is 0 Å². The van der Waals surface area contributed by atoms with Gasteiger partial charge in [0.1, 0.15) is 0 Å². The van der Waals surface area contributed by atoms with Crippen LogP contribution in [0.2, 0.25) is 5.02 Å². The number of amides is 2. The van der Waals surface area contributed by atoms with Crippen LogP contribution < -0.4 is 4.90 Å². The van der Waals surface area contributed by atoms with Crippen molar-refractivity contribution in [3.8, 4) is 0 Å².